The van der Waals surface area contributed by atoms with Crippen molar-refractivity contribution in [3.05, 3.63) is 70.4 Å². The van der Waals surface area contributed by atoms with E-state index in [-0.39, 0.29) is 42.9 Å². The van der Waals surface area contributed by atoms with Gasteiger partial charge in [-0.15, -0.1) is 11.3 Å². The van der Waals surface area contributed by atoms with Crippen LogP contribution < -0.4 is 10.1 Å². The first-order valence-electron chi connectivity index (χ1n) is 17.9. The van der Waals surface area contributed by atoms with E-state index in [2.05, 4.69) is 17.2 Å². The predicted molar refractivity (Wildman–Crippen MR) is 193 cm³/mol. The molecule has 0 spiro atoms. The van der Waals surface area contributed by atoms with Crippen LogP contribution in [0.4, 0.5) is 0 Å². The first-order valence-corrected chi connectivity index (χ1v) is 18.8. The zero-order chi connectivity index (χ0) is 35.6. The molecule has 1 aromatic heterocycles. The molecule has 2 heterocycles. The van der Waals surface area contributed by atoms with Crippen molar-refractivity contribution in [3.8, 4) is 16.2 Å². The van der Waals surface area contributed by atoms with E-state index in [9.17, 15) is 19.5 Å². The van der Waals surface area contributed by atoms with Crippen LogP contribution in [0.5, 0.6) is 5.75 Å². The molecule has 0 radical (unpaired) electrons. The summed E-state index contributed by atoms with van der Waals surface area (Å²) < 4.78 is 17.5. The van der Waals surface area contributed by atoms with Gasteiger partial charge in [-0.1, -0.05) is 63.9 Å². The normalized spacial score (nSPS) is 19.2. The quantitative estimate of drug-likeness (QED) is 0.146. The van der Waals surface area contributed by atoms with Crippen molar-refractivity contribution < 1.29 is 33.7 Å². The highest BCUT2D eigenvalue weighted by molar-refractivity contribution is 7.13. The zero-order valence-electron chi connectivity index (χ0n) is 29.7. The third kappa shape index (κ3) is 9.17. The van der Waals surface area contributed by atoms with Gasteiger partial charge in [0, 0.05) is 36.7 Å². The molecule has 1 fully saturated rings. The van der Waals surface area contributed by atoms with Crippen molar-refractivity contribution in [2.45, 2.75) is 85.0 Å². The summed E-state index contributed by atoms with van der Waals surface area (Å²) in [7, 11) is 0. The molecule has 1 saturated carbocycles. The summed E-state index contributed by atoms with van der Waals surface area (Å²) in [6.07, 6.45) is 2.98. The number of ether oxygens (including phenoxy) is 3. The van der Waals surface area contributed by atoms with E-state index >= 15 is 0 Å². The van der Waals surface area contributed by atoms with E-state index in [1.165, 1.54) is 0 Å². The first kappa shape index (κ1) is 37.6. The number of carbonyl (C=O) groups excluding carboxylic acids is 3. The Labute approximate surface area is 299 Å². The van der Waals surface area contributed by atoms with Gasteiger partial charge in [-0.25, -0.2) is 4.98 Å². The summed E-state index contributed by atoms with van der Waals surface area (Å²) in [5, 5.41) is 13.7. The molecule has 11 heteroatoms. The number of hydrogen-bond donors (Lipinski definition) is 2. The number of ketones is 1. The molecule has 5 rings (SSSR count). The Morgan fingerprint density at radius 2 is 1.76 bits per heavy atom. The van der Waals surface area contributed by atoms with Gasteiger partial charge < -0.3 is 29.5 Å². The number of amides is 2. The van der Waals surface area contributed by atoms with Crippen molar-refractivity contribution >= 4 is 28.9 Å². The number of benzene rings is 2. The van der Waals surface area contributed by atoms with Gasteiger partial charge in [0.1, 0.15) is 12.4 Å². The SMILES string of the molecule is CCCCCOCCOCCOc1cc(-c2scnc2C)ccc1CNC(=O)[C@@H]1C[C@@H](O)CC1C(=O)[C@H](C(C)C)N1Cc2ccccc2C1=O. The highest BCUT2D eigenvalue weighted by atomic mass is 32.1. The van der Waals surface area contributed by atoms with E-state index in [1.54, 1.807) is 22.3 Å². The Morgan fingerprint density at radius 1 is 1.02 bits per heavy atom. The molecular formula is C39H51N3O7S. The monoisotopic (exact) mass is 705 g/mol. The van der Waals surface area contributed by atoms with Crippen LogP contribution in [-0.4, -0.2) is 77.8 Å². The largest absolute Gasteiger partial charge is 0.491 e. The second-order valence-electron chi connectivity index (χ2n) is 13.6. The highest BCUT2D eigenvalue weighted by Crippen LogP contribution is 2.38. The number of aliphatic hydroxyl groups is 1. The minimum atomic E-state index is -0.776. The van der Waals surface area contributed by atoms with Gasteiger partial charge in [0.2, 0.25) is 5.91 Å². The lowest BCUT2D eigenvalue weighted by Crippen LogP contribution is -2.49. The second kappa shape index (κ2) is 18.0. The number of rotatable bonds is 19. The zero-order valence-corrected chi connectivity index (χ0v) is 30.5. The third-order valence-electron chi connectivity index (χ3n) is 9.63. The van der Waals surface area contributed by atoms with Crippen LogP contribution in [0.3, 0.4) is 0 Å². The van der Waals surface area contributed by atoms with E-state index in [4.69, 9.17) is 14.2 Å². The van der Waals surface area contributed by atoms with Crippen molar-refractivity contribution in [2.24, 2.45) is 17.8 Å². The molecule has 2 amide bonds. The number of nitrogens with zero attached hydrogens (tertiary/aromatic N) is 2. The minimum absolute atomic E-state index is 0.162. The number of hydrogen-bond acceptors (Lipinski definition) is 9. The Morgan fingerprint density at radius 3 is 2.48 bits per heavy atom. The molecule has 270 valence electrons. The maximum atomic E-state index is 14.2. The van der Waals surface area contributed by atoms with Crippen molar-refractivity contribution in [1.29, 1.82) is 0 Å². The summed E-state index contributed by atoms with van der Waals surface area (Å²) in [6, 6.07) is 12.6. The van der Waals surface area contributed by atoms with Crippen LogP contribution in [0.15, 0.2) is 48.0 Å². The molecule has 2 N–H and O–H groups in total. The van der Waals surface area contributed by atoms with Gasteiger partial charge in [-0.3, -0.25) is 14.4 Å². The number of thiazole rings is 1. The Balaban J connectivity index is 1.23. The van der Waals surface area contributed by atoms with Crippen LogP contribution in [0.25, 0.3) is 10.4 Å². The highest BCUT2D eigenvalue weighted by Gasteiger charge is 2.47. The van der Waals surface area contributed by atoms with Gasteiger partial charge in [-0.05, 0) is 55.4 Å². The van der Waals surface area contributed by atoms with Crippen molar-refractivity contribution in [1.82, 2.24) is 15.2 Å². The summed E-state index contributed by atoms with van der Waals surface area (Å²) in [4.78, 5) is 48.4. The van der Waals surface area contributed by atoms with Gasteiger partial charge in [0.15, 0.2) is 5.78 Å². The second-order valence-corrected chi connectivity index (χ2v) is 14.5. The topological polar surface area (TPSA) is 127 Å². The number of nitrogens with one attached hydrogen (secondary N) is 1. The summed E-state index contributed by atoms with van der Waals surface area (Å²) in [5.74, 6) is -1.58. The fraction of sp³-hybridized carbons (Fsp3) is 0.538. The molecule has 1 unspecified atom stereocenters. The van der Waals surface area contributed by atoms with Crippen LogP contribution in [0, 0.1) is 24.7 Å². The fourth-order valence-corrected chi connectivity index (χ4v) is 7.84. The lowest BCUT2D eigenvalue weighted by atomic mass is 9.83. The average Bonchev–Trinajstić information content (AvgIpc) is 3.81. The Kier molecular flexibility index (Phi) is 13.6. The summed E-state index contributed by atoms with van der Waals surface area (Å²) in [6.45, 7) is 11.0. The molecule has 1 aliphatic carbocycles. The number of aliphatic hydroxyl groups excluding tert-OH is 1. The smallest absolute Gasteiger partial charge is 0.255 e. The molecule has 50 heavy (non-hydrogen) atoms. The van der Waals surface area contributed by atoms with Crippen molar-refractivity contribution in [3.63, 3.8) is 0 Å². The van der Waals surface area contributed by atoms with E-state index in [1.807, 2.05) is 62.7 Å². The number of aryl methyl sites for hydroxylation is 1. The van der Waals surface area contributed by atoms with Gasteiger partial charge in [0.25, 0.3) is 5.91 Å². The van der Waals surface area contributed by atoms with E-state index in [0.29, 0.717) is 44.3 Å². The van der Waals surface area contributed by atoms with Crippen LogP contribution in [0.2, 0.25) is 0 Å². The van der Waals surface area contributed by atoms with Gasteiger partial charge in [-0.2, -0.15) is 0 Å². The number of fused-ring (bicyclic) bond motifs is 1. The lowest BCUT2D eigenvalue weighted by molar-refractivity contribution is -0.136. The minimum Gasteiger partial charge on any atom is -0.491 e. The van der Waals surface area contributed by atoms with Crippen LogP contribution >= 0.6 is 11.3 Å². The van der Waals surface area contributed by atoms with E-state index < -0.39 is 24.0 Å². The number of aromatic nitrogens is 1. The maximum Gasteiger partial charge on any atom is 0.255 e. The number of unbranched alkanes of at least 4 members (excludes halogenated alkanes) is 2. The summed E-state index contributed by atoms with van der Waals surface area (Å²) in [5.41, 5.74) is 6.00. The average molecular weight is 706 g/mol. The standard InChI is InChI=1S/C39H51N3O7S/c1-5-6-9-14-47-15-16-48-17-18-49-34-19-27(37-26(4)41-24-50-37)12-13-28(34)22-40-38(45)33-21-30(43)20-32(33)36(44)35(25(2)3)42-23-29-10-7-8-11-31(29)39(42)46/h7-8,10-13,19,24-25,30,32-33,35,43H,5-6,9,14-18,20-23H2,1-4H3,(H,40,45)/t30-,32?,33+,35-/m0/s1. The molecule has 3 aromatic rings. The van der Waals surface area contributed by atoms with Crippen molar-refractivity contribution in [2.75, 3.05) is 33.0 Å². The van der Waals surface area contributed by atoms with Crippen LogP contribution in [-0.2, 0) is 32.2 Å². The van der Waals surface area contributed by atoms with Gasteiger partial charge >= 0.3 is 0 Å². The molecule has 10 nitrogen and oxygen atoms in total. The molecule has 4 atom stereocenters. The molecule has 1 aliphatic heterocycles. The molecule has 0 saturated heterocycles. The first-order chi connectivity index (χ1) is 24.2. The molecule has 2 aromatic carbocycles. The number of carbonyl (C=O) groups is 3. The van der Waals surface area contributed by atoms with E-state index in [0.717, 1.165) is 53.1 Å². The molecular weight excluding hydrogens is 655 g/mol. The number of Topliss-reactive ketones (excluding diaryl/α,β-unsaturated/α-hetero) is 1. The van der Waals surface area contributed by atoms with Crippen LogP contribution in [0.1, 0.15) is 80.1 Å². The molecule has 0 bridgehead atoms. The third-order valence-corrected chi connectivity index (χ3v) is 10.6. The Hall–Kier alpha value is -3.64. The van der Waals surface area contributed by atoms with Gasteiger partial charge in [0.05, 0.1) is 54.0 Å². The predicted octanol–water partition coefficient (Wildman–Crippen LogP) is 5.97. The maximum absolute atomic E-state index is 14.2. The Bertz CT molecular complexity index is 1610. The summed E-state index contributed by atoms with van der Waals surface area (Å²) >= 11 is 1.55. The lowest BCUT2D eigenvalue weighted by Gasteiger charge is -2.33. The molecule has 2 aliphatic rings. The fourth-order valence-electron chi connectivity index (χ4n) is 7.03.